The van der Waals surface area contributed by atoms with Gasteiger partial charge in [-0.25, -0.2) is 13.2 Å². The SMILES string of the molecule is COc1c(CO)cnc(CS(=O)n2cnc3ccccc32)c1C. The molecule has 0 fully saturated rings. The van der Waals surface area contributed by atoms with Crippen molar-refractivity contribution >= 4 is 22.0 Å². The molecule has 7 heteroatoms. The third kappa shape index (κ3) is 2.85. The normalized spacial score (nSPS) is 12.5. The van der Waals surface area contributed by atoms with Gasteiger partial charge >= 0.3 is 0 Å². The van der Waals surface area contributed by atoms with Crippen molar-refractivity contribution in [3.05, 3.63) is 53.6 Å². The van der Waals surface area contributed by atoms with Crippen LogP contribution in [-0.4, -0.2) is 30.4 Å². The molecular weight excluding hydrogens is 314 g/mol. The van der Waals surface area contributed by atoms with E-state index in [1.807, 2.05) is 31.2 Å². The van der Waals surface area contributed by atoms with Gasteiger partial charge in [-0.05, 0) is 19.1 Å². The van der Waals surface area contributed by atoms with Crippen molar-refractivity contribution in [1.82, 2.24) is 13.9 Å². The summed E-state index contributed by atoms with van der Waals surface area (Å²) in [6.07, 6.45) is 3.14. The van der Waals surface area contributed by atoms with Crippen LogP contribution in [0.2, 0.25) is 0 Å². The lowest BCUT2D eigenvalue weighted by Crippen LogP contribution is -2.10. The van der Waals surface area contributed by atoms with Crippen LogP contribution in [0.4, 0.5) is 0 Å². The van der Waals surface area contributed by atoms with Crippen LogP contribution in [0, 0.1) is 6.92 Å². The monoisotopic (exact) mass is 331 g/mol. The lowest BCUT2D eigenvalue weighted by Gasteiger charge is -2.13. The Bertz CT molecular complexity index is 876. The molecule has 3 aromatic rings. The molecule has 1 unspecified atom stereocenters. The van der Waals surface area contributed by atoms with Crippen molar-refractivity contribution in [3.63, 3.8) is 0 Å². The average Bonchev–Trinajstić information content (AvgIpc) is 3.00. The summed E-state index contributed by atoms with van der Waals surface area (Å²) in [6.45, 7) is 1.70. The lowest BCUT2D eigenvalue weighted by molar-refractivity contribution is 0.272. The fraction of sp³-hybridized carbons (Fsp3) is 0.250. The summed E-state index contributed by atoms with van der Waals surface area (Å²) in [7, 11) is 0.214. The molecule has 0 aliphatic carbocycles. The first-order valence-corrected chi connectivity index (χ1v) is 8.36. The smallest absolute Gasteiger partial charge is 0.131 e. The van der Waals surface area contributed by atoms with E-state index in [1.165, 1.54) is 0 Å². The molecule has 1 N–H and O–H groups in total. The zero-order chi connectivity index (χ0) is 16.4. The number of rotatable bonds is 5. The van der Waals surface area contributed by atoms with E-state index < -0.39 is 11.0 Å². The molecule has 0 amide bonds. The Labute approximate surface area is 136 Å². The average molecular weight is 331 g/mol. The molecule has 2 aromatic heterocycles. The van der Waals surface area contributed by atoms with Crippen LogP contribution in [0.5, 0.6) is 5.75 Å². The zero-order valence-corrected chi connectivity index (χ0v) is 13.7. The van der Waals surface area contributed by atoms with Crippen molar-refractivity contribution in [2.24, 2.45) is 0 Å². The molecule has 1 atom stereocenters. The number of aromatic nitrogens is 3. The summed E-state index contributed by atoms with van der Waals surface area (Å²) in [5, 5.41) is 9.32. The number of fused-ring (bicyclic) bond motifs is 1. The van der Waals surface area contributed by atoms with E-state index in [0.29, 0.717) is 17.0 Å². The number of hydrogen-bond acceptors (Lipinski definition) is 5. The van der Waals surface area contributed by atoms with Gasteiger partial charge in [0.1, 0.15) is 23.1 Å². The molecule has 0 saturated carbocycles. The summed E-state index contributed by atoms with van der Waals surface area (Å²) >= 11 is 0. The molecule has 23 heavy (non-hydrogen) atoms. The highest BCUT2D eigenvalue weighted by atomic mass is 32.2. The van der Waals surface area contributed by atoms with E-state index in [9.17, 15) is 9.32 Å². The number of aliphatic hydroxyl groups excluding tert-OH is 1. The Morgan fingerprint density at radius 3 is 2.83 bits per heavy atom. The minimum Gasteiger partial charge on any atom is -0.496 e. The van der Waals surface area contributed by atoms with E-state index in [4.69, 9.17) is 4.74 Å². The van der Waals surface area contributed by atoms with Crippen molar-refractivity contribution in [3.8, 4) is 5.75 Å². The predicted octanol–water partition coefficient (Wildman–Crippen LogP) is 1.95. The number of para-hydroxylation sites is 2. The second-order valence-corrected chi connectivity index (χ2v) is 6.40. The molecule has 6 nitrogen and oxygen atoms in total. The molecule has 120 valence electrons. The zero-order valence-electron chi connectivity index (χ0n) is 12.9. The second kappa shape index (κ2) is 6.47. The number of nitrogens with zero attached hydrogens (tertiary/aromatic N) is 3. The maximum Gasteiger partial charge on any atom is 0.131 e. The molecular formula is C16H17N3O3S. The van der Waals surface area contributed by atoms with Gasteiger partial charge in [0.25, 0.3) is 0 Å². The summed E-state index contributed by atoms with van der Waals surface area (Å²) in [5.74, 6) is 0.832. The first-order valence-electron chi connectivity index (χ1n) is 7.09. The summed E-state index contributed by atoms with van der Waals surface area (Å²) in [4.78, 5) is 8.58. The number of ether oxygens (including phenoxy) is 1. The van der Waals surface area contributed by atoms with Gasteiger partial charge in [-0.15, -0.1) is 0 Å². The number of benzene rings is 1. The number of methoxy groups -OCH3 is 1. The van der Waals surface area contributed by atoms with Gasteiger partial charge in [0.2, 0.25) is 0 Å². The quantitative estimate of drug-likeness (QED) is 0.773. The molecule has 0 saturated heterocycles. The van der Waals surface area contributed by atoms with E-state index >= 15 is 0 Å². The van der Waals surface area contributed by atoms with Gasteiger partial charge in [-0.2, -0.15) is 0 Å². The predicted molar refractivity (Wildman–Crippen MR) is 88.4 cm³/mol. The topological polar surface area (TPSA) is 77.2 Å². The summed E-state index contributed by atoms with van der Waals surface area (Å²) in [6, 6.07) is 7.55. The fourth-order valence-corrected chi connectivity index (χ4v) is 3.70. The minimum absolute atomic E-state index is 0.146. The van der Waals surface area contributed by atoms with Crippen LogP contribution in [0.15, 0.2) is 36.8 Å². The number of hydrogen-bond donors (Lipinski definition) is 1. The number of aliphatic hydroxyl groups is 1. The van der Waals surface area contributed by atoms with Crippen LogP contribution >= 0.6 is 0 Å². The highest BCUT2D eigenvalue weighted by Gasteiger charge is 2.15. The molecule has 0 aliphatic heterocycles. The van der Waals surface area contributed by atoms with E-state index in [0.717, 1.165) is 16.6 Å². The first kappa shape index (κ1) is 15.6. The first-order chi connectivity index (χ1) is 11.2. The second-order valence-electron chi connectivity index (χ2n) is 5.07. The fourth-order valence-electron chi connectivity index (χ4n) is 2.51. The van der Waals surface area contributed by atoms with Gasteiger partial charge in [0, 0.05) is 17.3 Å². The molecule has 0 radical (unpaired) electrons. The van der Waals surface area contributed by atoms with Crippen molar-refractivity contribution in [1.29, 1.82) is 0 Å². The van der Waals surface area contributed by atoms with Gasteiger partial charge < -0.3 is 9.84 Å². The Balaban J connectivity index is 1.94. The van der Waals surface area contributed by atoms with Crippen LogP contribution in [0.1, 0.15) is 16.8 Å². The number of imidazole rings is 1. The van der Waals surface area contributed by atoms with Crippen LogP contribution in [0.3, 0.4) is 0 Å². The van der Waals surface area contributed by atoms with Gasteiger partial charge in [0.05, 0.1) is 36.2 Å². The van der Waals surface area contributed by atoms with Crippen molar-refractivity contribution < 1.29 is 14.1 Å². The highest BCUT2D eigenvalue weighted by Crippen LogP contribution is 2.26. The Morgan fingerprint density at radius 2 is 2.09 bits per heavy atom. The third-order valence-electron chi connectivity index (χ3n) is 3.72. The molecule has 0 spiro atoms. The molecule has 0 bridgehead atoms. The third-order valence-corrected chi connectivity index (χ3v) is 4.97. The van der Waals surface area contributed by atoms with Gasteiger partial charge in [-0.1, -0.05) is 12.1 Å². The maximum atomic E-state index is 12.7. The lowest BCUT2D eigenvalue weighted by atomic mass is 10.1. The minimum atomic E-state index is -1.33. The van der Waals surface area contributed by atoms with E-state index in [2.05, 4.69) is 9.97 Å². The van der Waals surface area contributed by atoms with E-state index in [1.54, 1.807) is 23.6 Å². The van der Waals surface area contributed by atoms with Crippen LogP contribution < -0.4 is 4.74 Å². The molecule has 2 heterocycles. The molecule has 0 aliphatic rings. The van der Waals surface area contributed by atoms with Gasteiger partial charge in [0.15, 0.2) is 0 Å². The van der Waals surface area contributed by atoms with Crippen LogP contribution in [0.25, 0.3) is 11.0 Å². The summed E-state index contributed by atoms with van der Waals surface area (Å²) < 4.78 is 19.7. The van der Waals surface area contributed by atoms with E-state index in [-0.39, 0.29) is 12.4 Å². The maximum absolute atomic E-state index is 12.7. The van der Waals surface area contributed by atoms with Crippen molar-refractivity contribution in [2.75, 3.05) is 7.11 Å². The Morgan fingerprint density at radius 1 is 1.30 bits per heavy atom. The van der Waals surface area contributed by atoms with Crippen LogP contribution in [-0.2, 0) is 23.3 Å². The summed E-state index contributed by atoms with van der Waals surface area (Å²) in [5.41, 5.74) is 3.71. The standard InChI is InChI=1S/C16H17N3O3S/c1-11-14(17-7-12(8-20)16(11)22-2)9-23(21)19-10-18-13-5-3-4-6-15(13)19/h3-7,10,20H,8-9H2,1-2H3. The number of pyridine rings is 1. The Hall–Kier alpha value is -2.25. The largest absolute Gasteiger partial charge is 0.496 e. The van der Waals surface area contributed by atoms with Gasteiger partial charge in [-0.3, -0.25) is 4.98 Å². The molecule has 3 rings (SSSR count). The molecule has 1 aromatic carbocycles. The Kier molecular flexibility index (Phi) is 4.40. The highest BCUT2D eigenvalue weighted by molar-refractivity contribution is 7.82. The van der Waals surface area contributed by atoms with Crippen molar-refractivity contribution in [2.45, 2.75) is 19.3 Å².